The Morgan fingerprint density at radius 3 is 2.00 bits per heavy atom. The molecule has 0 fully saturated rings. The molecule has 0 saturated heterocycles. The van der Waals surface area contributed by atoms with Crippen molar-refractivity contribution < 1.29 is 0 Å². The van der Waals surface area contributed by atoms with Crippen LogP contribution >= 0.6 is 12.6 Å². The summed E-state index contributed by atoms with van der Waals surface area (Å²) >= 11 is 4.77. The number of rotatable bonds is 5. The van der Waals surface area contributed by atoms with Gasteiger partial charge < -0.3 is 0 Å². The van der Waals surface area contributed by atoms with Gasteiger partial charge in [-0.15, -0.1) is 0 Å². The number of hydrogen-bond acceptors (Lipinski definition) is 1. The Labute approximate surface area is 115 Å². The zero-order chi connectivity index (χ0) is 12.8. The maximum atomic E-state index is 4.77. The minimum atomic E-state index is 0.410. The van der Waals surface area contributed by atoms with Crippen molar-refractivity contribution >= 4 is 12.6 Å². The van der Waals surface area contributed by atoms with Crippen molar-refractivity contribution in [1.29, 1.82) is 0 Å². The third kappa shape index (κ3) is 3.39. The van der Waals surface area contributed by atoms with E-state index in [1.165, 1.54) is 11.1 Å². The summed E-state index contributed by atoms with van der Waals surface area (Å²) < 4.78 is 0. The molecule has 0 nitrogen and oxygen atoms in total. The SMILES string of the molecule is CCC(S)C(Cc1ccccc1)c1ccccc1. The van der Waals surface area contributed by atoms with E-state index in [2.05, 4.69) is 67.6 Å². The van der Waals surface area contributed by atoms with Gasteiger partial charge in [-0.25, -0.2) is 0 Å². The van der Waals surface area contributed by atoms with Crippen LogP contribution in [0, 0.1) is 0 Å². The van der Waals surface area contributed by atoms with Crippen molar-refractivity contribution in [3.05, 3.63) is 71.8 Å². The largest absolute Gasteiger partial charge is 0.175 e. The van der Waals surface area contributed by atoms with Crippen LogP contribution in [0.4, 0.5) is 0 Å². The van der Waals surface area contributed by atoms with Gasteiger partial charge in [-0.1, -0.05) is 67.6 Å². The first kappa shape index (κ1) is 13.2. The maximum absolute atomic E-state index is 4.77. The molecule has 2 atom stereocenters. The molecule has 0 aliphatic carbocycles. The van der Waals surface area contributed by atoms with E-state index in [1.54, 1.807) is 0 Å². The Bertz CT molecular complexity index is 450. The Balaban J connectivity index is 2.21. The fourth-order valence-corrected chi connectivity index (χ4v) is 2.61. The molecule has 0 bridgehead atoms. The lowest BCUT2D eigenvalue weighted by Crippen LogP contribution is -2.15. The van der Waals surface area contributed by atoms with Crippen LogP contribution < -0.4 is 0 Å². The molecule has 0 heterocycles. The molecule has 0 amide bonds. The second-order valence-electron chi connectivity index (χ2n) is 4.68. The van der Waals surface area contributed by atoms with Crippen LogP contribution in [0.1, 0.15) is 30.4 Å². The van der Waals surface area contributed by atoms with Gasteiger partial charge >= 0.3 is 0 Å². The van der Waals surface area contributed by atoms with E-state index in [0.29, 0.717) is 11.2 Å². The normalized spacial score (nSPS) is 14.1. The Hall–Kier alpha value is -1.21. The molecule has 0 spiro atoms. The summed E-state index contributed by atoms with van der Waals surface area (Å²) in [6.07, 6.45) is 2.16. The molecule has 0 radical (unpaired) electrons. The van der Waals surface area contributed by atoms with Crippen molar-refractivity contribution in [1.82, 2.24) is 0 Å². The van der Waals surface area contributed by atoms with Gasteiger partial charge in [0.1, 0.15) is 0 Å². The Morgan fingerprint density at radius 2 is 1.44 bits per heavy atom. The van der Waals surface area contributed by atoms with Crippen molar-refractivity contribution in [3.63, 3.8) is 0 Å². The third-order valence-corrected chi connectivity index (χ3v) is 4.13. The van der Waals surface area contributed by atoms with Gasteiger partial charge in [0.25, 0.3) is 0 Å². The predicted molar refractivity (Wildman–Crippen MR) is 82.4 cm³/mol. The molecule has 0 N–H and O–H groups in total. The topological polar surface area (TPSA) is 0 Å². The van der Waals surface area contributed by atoms with Crippen molar-refractivity contribution in [2.45, 2.75) is 30.9 Å². The fraction of sp³-hybridized carbons (Fsp3) is 0.294. The van der Waals surface area contributed by atoms with Crippen LogP contribution in [0.15, 0.2) is 60.7 Å². The molecule has 2 aromatic rings. The highest BCUT2D eigenvalue weighted by Crippen LogP contribution is 2.29. The van der Waals surface area contributed by atoms with E-state index >= 15 is 0 Å². The minimum Gasteiger partial charge on any atom is -0.175 e. The zero-order valence-corrected chi connectivity index (χ0v) is 11.7. The summed E-state index contributed by atoms with van der Waals surface area (Å²) in [5, 5.41) is 0.410. The van der Waals surface area contributed by atoms with Crippen molar-refractivity contribution in [2.24, 2.45) is 0 Å². The fourth-order valence-electron chi connectivity index (χ4n) is 2.33. The summed E-state index contributed by atoms with van der Waals surface area (Å²) in [6.45, 7) is 2.21. The summed E-state index contributed by atoms with van der Waals surface area (Å²) in [5.74, 6) is 0.488. The zero-order valence-electron chi connectivity index (χ0n) is 10.8. The van der Waals surface area contributed by atoms with Crippen LogP contribution in [0.25, 0.3) is 0 Å². The summed E-state index contributed by atoms with van der Waals surface area (Å²) in [5.41, 5.74) is 2.78. The average molecular weight is 256 g/mol. The van der Waals surface area contributed by atoms with Gasteiger partial charge in [0.05, 0.1) is 0 Å². The van der Waals surface area contributed by atoms with E-state index in [0.717, 1.165) is 12.8 Å². The lowest BCUT2D eigenvalue weighted by molar-refractivity contribution is 0.630. The van der Waals surface area contributed by atoms with Crippen molar-refractivity contribution in [2.75, 3.05) is 0 Å². The predicted octanol–water partition coefficient (Wildman–Crippen LogP) is 4.72. The van der Waals surface area contributed by atoms with E-state index in [4.69, 9.17) is 12.6 Å². The molecule has 1 heteroatoms. The Kier molecular flexibility index (Phi) is 4.89. The summed E-state index contributed by atoms with van der Waals surface area (Å²) in [4.78, 5) is 0. The highest BCUT2D eigenvalue weighted by molar-refractivity contribution is 7.81. The lowest BCUT2D eigenvalue weighted by Gasteiger charge is -2.23. The molecular formula is C17H20S. The van der Waals surface area contributed by atoms with Gasteiger partial charge in [-0.05, 0) is 29.9 Å². The molecule has 2 aromatic carbocycles. The van der Waals surface area contributed by atoms with Crippen LogP contribution in [0.5, 0.6) is 0 Å². The van der Waals surface area contributed by atoms with Crippen LogP contribution in [0.3, 0.4) is 0 Å². The van der Waals surface area contributed by atoms with Gasteiger partial charge in [-0.2, -0.15) is 12.6 Å². The third-order valence-electron chi connectivity index (χ3n) is 3.41. The second kappa shape index (κ2) is 6.65. The van der Waals surface area contributed by atoms with E-state index in [9.17, 15) is 0 Å². The van der Waals surface area contributed by atoms with Crippen molar-refractivity contribution in [3.8, 4) is 0 Å². The number of thiol groups is 1. The first-order valence-electron chi connectivity index (χ1n) is 6.58. The first-order chi connectivity index (χ1) is 8.81. The molecule has 0 aliphatic heterocycles. The Morgan fingerprint density at radius 1 is 0.889 bits per heavy atom. The van der Waals surface area contributed by atoms with Gasteiger partial charge in [0, 0.05) is 5.25 Å². The number of hydrogen-bond donors (Lipinski definition) is 1. The van der Waals surface area contributed by atoms with Crippen LogP contribution in [0.2, 0.25) is 0 Å². The van der Waals surface area contributed by atoms with E-state index < -0.39 is 0 Å². The molecular weight excluding hydrogens is 236 g/mol. The molecule has 2 rings (SSSR count). The monoisotopic (exact) mass is 256 g/mol. The summed E-state index contributed by atoms with van der Waals surface area (Å²) in [6, 6.07) is 21.4. The minimum absolute atomic E-state index is 0.410. The molecule has 0 aliphatic rings. The van der Waals surface area contributed by atoms with Gasteiger partial charge in [0.15, 0.2) is 0 Å². The highest BCUT2D eigenvalue weighted by atomic mass is 32.1. The first-order valence-corrected chi connectivity index (χ1v) is 7.10. The molecule has 0 aromatic heterocycles. The van der Waals surface area contributed by atoms with E-state index in [1.807, 2.05) is 0 Å². The number of benzene rings is 2. The van der Waals surface area contributed by atoms with Crippen LogP contribution in [-0.4, -0.2) is 5.25 Å². The quantitative estimate of drug-likeness (QED) is 0.735. The van der Waals surface area contributed by atoms with E-state index in [-0.39, 0.29) is 0 Å². The van der Waals surface area contributed by atoms with Crippen LogP contribution in [-0.2, 0) is 6.42 Å². The molecule has 94 valence electrons. The maximum Gasteiger partial charge on any atom is 0.00861 e. The highest BCUT2D eigenvalue weighted by Gasteiger charge is 2.18. The van der Waals surface area contributed by atoms with Gasteiger partial charge in [-0.3, -0.25) is 0 Å². The van der Waals surface area contributed by atoms with Gasteiger partial charge in [0.2, 0.25) is 0 Å². The average Bonchev–Trinajstić information content (AvgIpc) is 2.46. The smallest absolute Gasteiger partial charge is 0.00861 e. The molecule has 2 unspecified atom stereocenters. The molecule has 0 saturated carbocycles. The second-order valence-corrected chi connectivity index (χ2v) is 5.35. The standard InChI is InChI=1S/C17H20S/c1-2-17(18)16(15-11-7-4-8-12-15)13-14-9-5-3-6-10-14/h3-12,16-18H,2,13H2,1H3. The molecule has 18 heavy (non-hydrogen) atoms. The summed E-state index contributed by atoms with van der Waals surface area (Å²) in [7, 11) is 0. The lowest BCUT2D eigenvalue weighted by atomic mass is 9.88.